The van der Waals surface area contributed by atoms with E-state index in [-0.39, 0.29) is 0 Å². The van der Waals surface area contributed by atoms with Crippen LogP contribution in [0.2, 0.25) is 0 Å². The molecule has 0 aliphatic heterocycles. The predicted octanol–water partition coefficient (Wildman–Crippen LogP) is 2.38. The third-order valence-corrected chi connectivity index (χ3v) is 2.60. The van der Waals surface area contributed by atoms with Crippen molar-refractivity contribution in [2.75, 3.05) is 10.7 Å². The molecule has 0 unspecified atom stereocenters. The van der Waals surface area contributed by atoms with Gasteiger partial charge in [-0.2, -0.15) is 4.98 Å². The highest BCUT2D eigenvalue weighted by Gasteiger charge is 2.03. The fraction of sp³-hybridized carbons (Fsp3) is 0.231. The number of nitrogens with zero attached hydrogens (tertiary/aromatic N) is 2. The van der Waals surface area contributed by atoms with Crippen molar-refractivity contribution in [3.05, 3.63) is 41.6 Å². The van der Waals surface area contributed by atoms with E-state index >= 15 is 0 Å². The molecule has 0 aliphatic rings. The molecule has 1 heterocycles. The number of hydrazine groups is 1. The van der Waals surface area contributed by atoms with Crippen LogP contribution in [0.1, 0.15) is 18.2 Å². The number of anilines is 3. The average molecular weight is 243 g/mol. The summed E-state index contributed by atoms with van der Waals surface area (Å²) in [6, 6.07) is 9.89. The maximum Gasteiger partial charge on any atom is 0.229 e. The van der Waals surface area contributed by atoms with Gasteiger partial charge in [-0.1, -0.05) is 24.6 Å². The molecule has 0 saturated carbocycles. The maximum atomic E-state index is 5.39. The SMILES string of the molecule is CCc1cc(NN)nc(Nc2ccc(C)cc2)n1. The summed E-state index contributed by atoms with van der Waals surface area (Å²) in [5, 5.41) is 3.16. The number of nitrogen functional groups attached to an aromatic ring is 1. The van der Waals surface area contributed by atoms with Crippen LogP contribution in [-0.2, 0) is 6.42 Å². The third-order valence-electron chi connectivity index (χ3n) is 2.60. The molecule has 1 aromatic heterocycles. The Balaban J connectivity index is 2.25. The standard InChI is InChI=1S/C13H17N5/c1-3-10-8-12(18-14)17-13(15-10)16-11-6-4-9(2)5-7-11/h4-8H,3,14H2,1-2H3,(H2,15,16,17,18). The summed E-state index contributed by atoms with van der Waals surface area (Å²) in [7, 11) is 0. The fourth-order valence-electron chi connectivity index (χ4n) is 1.57. The second-order valence-corrected chi connectivity index (χ2v) is 4.06. The smallest absolute Gasteiger partial charge is 0.229 e. The zero-order valence-electron chi connectivity index (χ0n) is 10.6. The van der Waals surface area contributed by atoms with E-state index in [1.807, 2.05) is 37.3 Å². The minimum absolute atomic E-state index is 0.547. The highest BCUT2D eigenvalue weighted by Crippen LogP contribution is 2.16. The molecular formula is C13H17N5. The Labute approximate surface area is 106 Å². The predicted molar refractivity (Wildman–Crippen MR) is 73.7 cm³/mol. The lowest BCUT2D eigenvalue weighted by molar-refractivity contribution is 1.00. The van der Waals surface area contributed by atoms with Crippen molar-refractivity contribution in [1.82, 2.24) is 9.97 Å². The van der Waals surface area contributed by atoms with E-state index in [9.17, 15) is 0 Å². The van der Waals surface area contributed by atoms with Gasteiger partial charge in [-0.05, 0) is 25.5 Å². The molecule has 0 amide bonds. The summed E-state index contributed by atoms with van der Waals surface area (Å²) in [5.74, 6) is 6.54. The van der Waals surface area contributed by atoms with Gasteiger partial charge in [0.25, 0.3) is 0 Å². The minimum Gasteiger partial charge on any atom is -0.324 e. The molecule has 0 atom stereocenters. The first-order chi connectivity index (χ1) is 8.71. The van der Waals surface area contributed by atoms with Crippen LogP contribution in [-0.4, -0.2) is 9.97 Å². The third kappa shape index (κ3) is 2.95. The van der Waals surface area contributed by atoms with Crippen LogP contribution in [0, 0.1) is 6.92 Å². The Morgan fingerprint density at radius 3 is 2.50 bits per heavy atom. The second-order valence-electron chi connectivity index (χ2n) is 4.06. The van der Waals surface area contributed by atoms with Crippen LogP contribution in [0.15, 0.2) is 30.3 Å². The second kappa shape index (κ2) is 5.46. The van der Waals surface area contributed by atoms with Gasteiger partial charge in [0, 0.05) is 17.4 Å². The van der Waals surface area contributed by atoms with Crippen molar-refractivity contribution in [3.8, 4) is 0 Å². The molecule has 0 fully saturated rings. The first kappa shape index (κ1) is 12.3. The largest absolute Gasteiger partial charge is 0.324 e. The molecule has 0 aliphatic carbocycles. The Bertz CT molecular complexity index is 499. The van der Waals surface area contributed by atoms with E-state index in [1.165, 1.54) is 5.56 Å². The van der Waals surface area contributed by atoms with Crippen molar-refractivity contribution in [1.29, 1.82) is 0 Å². The van der Waals surface area contributed by atoms with Gasteiger partial charge >= 0.3 is 0 Å². The zero-order chi connectivity index (χ0) is 13.0. The van der Waals surface area contributed by atoms with Crippen LogP contribution in [0.25, 0.3) is 0 Å². The molecule has 94 valence electrons. The summed E-state index contributed by atoms with van der Waals surface area (Å²) in [6.45, 7) is 4.09. The van der Waals surface area contributed by atoms with E-state index in [0.29, 0.717) is 11.8 Å². The van der Waals surface area contributed by atoms with Crippen LogP contribution >= 0.6 is 0 Å². The molecule has 5 heteroatoms. The molecule has 4 N–H and O–H groups in total. The van der Waals surface area contributed by atoms with Crippen LogP contribution in [0.5, 0.6) is 0 Å². The molecule has 2 aromatic rings. The zero-order valence-corrected chi connectivity index (χ0v) is 10.6. The molecule has 1 aromatic carbocycles. The number of aryl methyl sites for hydroxylation is 2. The van der Waals surface area contributed by atoms with E-state index in [4.69, 9.17) is 5.84 Å². The van der Waals surface area contributed by atoms with E-state index in [0.717, 1.165) is 17.8 Å². The molecule has 5 nitrogen and oxygen atoms in total. The summed E-state index contributed by atoms with van der Waals surface area (Å²) < 4.78 is 0. The lowest BCUT2D eigenvalue weighted by atomic mass is 10.2. The van der Waals surface area contributed by atoms with Crippen molar-refractivity contribution < 1.29 is 0 Å². The van der Waals surface area contributed by atoms with Crippen LogP contribution in [0.3, 0.4) is 0 Å². The number of benzene rings is 1. The van der Waals surface area contributed by atoms with E-state index < -0.39 is 0 Å². The Morgan fingerprint density at radius 1 is 1.17 bits per heavy atom. The van der Waals surface area contributed by atoms with Crippen molar-refractivity contribution >= 4 is 17.5 Å². The Morgan fingerprint density at radius 2 is 1.89 bits per heavy atom. The van der Waals surface area contributed by atoms with E-state index in [1.54, 1.807) is 0 Å². The number of aromatic nitrogens is 2. The number of nitrogens with one attached hydrogen (secondary N) is 2. The highest BCUT2D eigenvalue weighted by atomic mass is 15.3. The number of hydrogen-bond donors (Lipinski definition) is 3. The van der Waals surface area contributed by atoms with Gasteiger partial charge in [-0.3, -0.25) is 0 Å². The number of nitrogens with two attached hydrogens (primary N) is 1. The summed E-state index contributed by atoms with van der Waals surface area (Å²) in [4.78, 5) is 8.66. The van der Waals surface area contributed by atoms with Crippen molar-refractivity contribution in [2.24, 2.45) is 5.84 Å². The average Bonchev–Trinajstić information content (AvgIpc) is 2.41. The number of rotatable bonds is 4. The van der Waals surface area contributed by atoms with Crippen LogP contribution < -0.4 is 16.6 Å². The van der Waals surface area contributed by atoms with Gasteiger partial charge < -0.3 is 10.7 Å². The normalized spacial score (nSPS) is 10.2. The Kier molecular flexibility index (Phi) is 3.74. The quantitative estimate of drug-likeness (QED) is 0.568. The van der Waals surface area contributed by atoms with Crippen molar-refractivity contribution in [2.45, 2.75) is 20.3 Å². The molecule has 18 heavy (non-hydrogen) atoms. The highest BCUT2D eigenvalue weighted by molar-refractivity contribution is 5.55. The monoisotopic (exact) mass is 243 g/mol. The summed E-state index contributed by atoms with van der Waals surface area (Å²) >= 11 is 0. The first-order valence-electron chi connectivity index (χ1n) is 5.89. The topological polar surface area (TPSA) is 75.9 Å². The maximum absolute atomic E-state index is 5.39. The lowest BCUT2D eigenvalue weighted by Crippen LogP contribution is -2.11. The van der Waals surface area contributed by atoms with Gasteiger partial charge in [-0.15, -0.1) is 0 Å². The van der Waals surface area contributed by atoms with Gasteiger partial charge in [0.1, 0.15) is 5.82 Å². The van der Waals surface area contributed by atoms with E-state index in [2.05, 4.69) is 27.6 Å². The lowest BCUT2D eigenvalue weighted by Gasteiger charge is -2.08. The number of hydrogen-bond acceptors (Lipinski definition) is 5. The van der Waals surface area contributed by atoms with Gasteiger partial charge in [0.05, 0.1) is 0 Å². The molecule has 0 spiro atoms. The van der Waals surface area contributed by atoms with Gasteiger partial charge in [0.15, 0.2) is 0 Å². The van der Waals surface area contributed by atoms with Gasteiger partial charge in [-0.25, -0.2) is 10.8 Å². The van der Waals surface area contributed by atoms with Crippen LogP contribution in [0.4, 0.5) is 17.5 Å². The molecular weight excluding hydrogens is 226 g/mol. The molecule has 0 bridgehead atoms. The minimum atomic E-state index is 0.547. The summed E-state index contributed by atoms with van der Waals surface area (Å²) in [5.41, 5.74) is 5.65. The first-order valence-corrected chi connectivity index (χ1v) is 5.89. The van der Waals surface area contributed by atoms with Gasteiger partial charge in [0.2, 0.25) is 5.95 Å². The Hall–Kier alpha value is -2.14. The molecule has 2 rings (SSSR count). The molecule has 0 saturated heterocycles. The molecule has 0 radical (unpaired) electrons. The summed E-state index contributed by atoms with van der Waals surface area (Å²) in [6.07, 6.45) is 0.833. The van der Waals surface area contributed by atoms with Crippen molar-refractivity contribution in [3.63, 3.8) is 0 Å². The fourth-order valence-corrected chi connectivity index (χ4v) is 1.57.